The number of rotatable bonds is 1. The van der Waals surface area contributed by atoms with E-state index >= 15 is 0 Å². The lowest BCUT2D eigenvalue weighted by atomic mass is 9.54. The van der Waals surface area contributed by atoms with Gasteiger partial charge < -0.3 is 5.11 Å². The van der Waals surface area contributed by atoms with Crippen LogP contribution in [0, 0.1) is 28.6 Å². The van der Waals surface area contributed by atoms with Gasteiger partial charge in [-0.2, -0.15) is 0 Å². The molecular formula is C20H21ClO3. The summed E-state index contributed by atoms with van der Waals surface area (Å²) in [4.78, 5) is 26.3. The van der Waals surface area contributed by atoms with Crippen LogP contribution in [0.4, 0.5) is 0 Å². The number of phenolic OH excluding ortho intramolecular Hbond substituents is 1. The summed E-state index contributed by atoms with van der Waals surface area (Å²) in [6, 6.07) is 3.08. The smallest absolute Gasteiger partial charge is 0.154 e. The Labute approximate surface area is 147 Å². The number of benzene rings is 1. The van der Waals surface area contributed by atoms with E-state index in [0.29, 0.717) is 18.4 Å². The van der Waals surface area contributed by atoms with Gasteiger partial charge in [0.2, 0.25) is 0 Å². The zero-order valence-electron chi connectivity index (χ0n) is 14.4. The number of Topliss-reactive ketones (excluding diaryl/α,β-unsaturated/α-hetero) is 2. The first-order valence-corrected chi connectivity index (χ1v) is 8.56. The minimum absolute atomic E-state index is 0.119. The molecule has 0 spiro atoms. The third-order valence-electron chi connectivity index (χ3n) is 6.33. The molecule has 0 radical (unpaired) electrons. The first kappa shape index (κ1) is 17.0. The molecule has 0 saturated heterocycles. The first-order valence-electron chi connectivity index (χ1n) is 8.18. The van der Waals surface area contributed by atoms with E-state index in [-0.39, 0.29) is 39.2 Å². The molecule has 24 heavy (non-hydrogen) atoms. The second kappa shape index (κ2) is 5.36. The lowest BCUT2D eigenvalue weighted by Crippen LogP contribution is -2.52. The maximum Gasteiger partial charge on any atom is 0.154 e. The molecule has 3 atom stereocenters. The van der Waals surface area contributed by atoms with Crippen molar-refractivity contribution in [3.63, 3.8) is 0 Å². The van der Waals surface area contributed by atoms with Crippen molar-refractivity contribution in [1.82, 2.24) is 0 Å². The average Bonchev–Trinajstić information content (AvgIpc) is 2.67. The Kier molecular flexibility index (Phi) is 3.81. The summed E-state index contributed by atoms with van der Waals surface area (Å²) in [5, 5.41) is 10.7. The highest BCUT2D eigenvalue weighted by Gasteiger charge is 2.65. The molecular weight excluding hydrogens is 324 g/mol. The van der Waals surface area contributed by atoms with E-state index in [1.165, 1.54) is 6.07 Å². The Balaban J connectivity index is 2.16. The molecule has 0 aromatic heterocycles. The Bertz CT molecular complexity index is 789. The fraction of sp³-hybridized carbons (Fsp3) is 0.500. The van der Waals surface area contributed by atoms with Crippen LogP contribution in [0.15, 0.2) is 12.1 Å². The number of fused-ring (bicyclic) bond motifs is 2. The van der Waals surface area contributed by atoms with E-state index in [1.54, 1.807) is 13.0 Å². The maximum atomic E-state index is 13.2. The molecule has 1 aromatic rings. The van der Waals surface area contributed by atoms with Gasteiger partial charge >= 0.3 is 0 Å². The highest BCUT2D eigenvalue weighted by atomic mass is 35.5. The number of ketones is 2. The van der Waals surface area contributed by atoms with E-state index in [4.69, 9.17) is 11.6 Å². The van der Waals surface area contributed by atoms with Gasteiger partial charge in [-0.3, -0.25) is 9.59 Å². The van der Waals surface area contributed by atoms with Crippen LogP contribution in [0.5, 0.6) is 5.75 Å². The summed E-state index contributed by atoms with van der Waals surface area (Å²) in [7, 11) is 0. The van der Waals surface area contributed by atoms with Crippen LogP contribution in [-0.4, -0.2) is 16.7 Å². The second-order valence-corrected chi connectivity index (χ2v) is 8.02. The van der Waals surface area contributed by atoms with Gasteiger partial charge in [0.15, 0.2) is 11.6 Å². The number of aromatic hydroxyl groups is 1. The Morgan fingerprint density at radius 1 is 1.25 bits per heavy atom. The molecule has 3 nitrogen and oxygen atoms in total. The van der Waals surface area contributed by atoms with Crippen molar-refractivity contribution >= 4 is 23.2 Å². The van der Waals surface area contributed by atoms with Crippen molar-refractivity contribution in [3.05, 3.63) is 28.3 Å². The summed E-state index contributed by atoms with van der Waals surface area (Å²) in [5.74, 6) is 4.03. The standard InChI is InChI=1S/C20H21ClO3/c1-5-6-11-9-13(21)15(14(22)10-11)16-17(23)12-7-8-20(4,18(16)24)19(12,2)3/h9-10,12,16,22H,7-8H2,1-4H3. The molecule has 2 aliphatic rings. The lowest BCUT2D eigenvalue weighted by molar-refractivity contribution is -0.149. The molecule has 2 aliphatic carbocycles. The average molecular weight is 345 g/mol. The molecule has 2 bridgehead atoms. The highest BCUT2D eigenvalue weighted by molar-refractivity contribution is 6.33. The zero-order valence-corrected chi connectivity index (χ0v) is 15.1. The topological polar surface area (TPSA) is 54.4 Å². The number of halogens is 1. The Morgan fingerprint density at radius 2 is 1.92 bits per heavy atom. The molecule has 2 fully saturated rings. The molecule has 2 saturated carbocycles. The van der Waals surface area contributed by atoms with Crippen LogP contribution in [0.25, 0.3) is 0 Å². The number of hydrogen-bond donors (Lipinski definition) is 1. The minimum atomic E-state index is -0.980. The number of carbonyl (C=O) groups is 2. The van der Waals surface area contributed by atoms with Crippen molar-refractivity contribution in [2.24, 2.45) is 16.7 Å². The summed E-state index contributed by atoms with van der Waals surface area (Å²) < 4.78 is 0. The van der Waals surface area contributed by atoms with Gasteiger partial charge in [-0.1, -0.05) is 38.3 Å². The maximum absolute atomic E-state index is 13.2. The van der Waals surface area contributed by atoms with Gasteiger partial charge in [0, 0.05) is 27.5 Å². The predicted octanol–water partition coefficient (Wildman–Crippen LogP) is 4.09. The quantitative estimate of drug-likeness (QED) is 0.616. The molecule has 0 aliphatic heterocycles. The van der Waals surface area contributed by atoms with E-state index in [9.17, 15) is 14.7 Å². The van der Waals surface area contributed by atoms with Crippen molar-refractivity contribution in [2.45, 2.75) is 46.5 Å². The molecule has 126 valence electrons. The van der Waals surface area contributed by atoms with Gasteiger partial charge in [0.1, 0.15) is 11.7 Å². The van der Waals surface area contributed by atoms with Gasteiger partial charge in [0.25, 0.3) is 0 Å². The first-order chi connectivity index (χ1) is 11.1. The molecule has 0 amide bonds. The van der Waals surface area contributed by atoms with E-state index in [0.717, 1.165) is 0 Å². The summed E-state index contributed by atoms with van der Waals surface area (Å²) in [6.07, 6.45) is 1.41. The van der Waals surface area contributed by atoms with Gasteiger partial charge in [-0.05, 0) is 37.3 Å². The van der Waals surface area contributed by atoms with Crippen LogP contribution in [-0.2, 0) is 9.59 Å². The minimum Gasteiger partial charge on any atom is -0.508 e. The van der Waals surface area contributed by atoms with Gasteiger partial charge in [0.05, 0.1) is 0 Å². The van der Waals surface area contributed by atoms with Gasteiger partial charge in [-0.25, -0.2) is 0 Å². The SMILES string of the molecule is CC#Cc1cc(O)c(C2C(=O)C3CCC(C)(C2=O)C3(C)C)c(Cl)c1. The Morgan fingerprint density at radius 3 is 2.50 bits per heavy atom. The monoisotopic (exact) mass is 344 g/mol. The molecule has 3 unspecified atom stereocenters. The molecule has 3 rings (SSSR count). The third kappa shape index (κ3) is 2.06. The van der Waals surface area contributed by atoms with Crippen molar-refractivity contribution in [1.29, 1.82) is 0 Å². The van der Waals surface area contributed by atoms with E-state index < -0.39 is 11.3 Å². The number of carbonyl (C=O) groups excluding carboxylic acids is 2. The van der Waals surface area contributed by atoms with Crippen molar-refractivity contribution < 1.29 is 14.7 Å². The molecule has 0 heterocycles. The number of hydrogen-bond acceptors (Lipinski definition) is 3. The third-order valence-corrected chi connectivity index (χ3v) is 6.64. The fourth-order valence-corrected chi connectivity index (χ4v) is 4.79. The fourth-order valence-electron chi connectivity index (χ4n) is 4.47. The number of phenols is 1. The highest BCUT2D eigenvalue weighted by Crippen LogP contribution is 2.63. The zero-order chi connectivity index (χ0) is 17.9. The van der Waals surface area contributed by atoms with Crippen LogP contribution >= 0.6 is 11.6 Å². The van der Waals surface area contributed by atoms with Crippen molar-refractivity contribution in [2.75, 3.05) is 0 Å². The Hall–Kier alpha value is -1.79. The summed E-state index contributed by atoms with van der Waals surface area (Å²) in [5.41, 5.74) is -0.141. The molecule has 4 heteroatoms. The normalized spacial score (nSPS) is 30.9. The van der Waals surface area contributed by atoms with Crippen LogP contribution in [0.3, 0.4) is 0 Å². The molecule has 1 aromatic carbocycles. The van der Waals surface area contributed by atoms with Crippen molar-refractivity contribution in [3.8, 4) is 17.6 Å². The van der Waals surface area contributed by atoms with Crippen LogP contribution in [0.2, 0.25) is 5.02 Å². The second-order valence-electron chi connectivity index (χ2n) is 7.61. The molecule has 1 N–H and O–H groups in total. The predicted molar refractivity (Wildman–Crippen MR) is 93.0 cm³/mol. The lowest BCUT2D eigenvalue weighted by Gasteiger charge is -2.46. The van der Waals surface area contributed by atoms with E-state index in [1.807, 2.05) is 20.8 Å². The largest absolute Gasteiger partial charge is 0.508 e. The van der Waals surface area contributed by atoms with Crippen LogP contribution in [0.1, 0.15) is 57.6 Å². The summed E-state index contributed by atoms with van der Waals surface area (Å²) >= 11 is 6.33. The van der Waals surface area contributed by atoms with Crippen LogP contribution < -0.4 is 0 Å². The van der Waals surface area contributed by atoms with Gasteiger partial charge in [-0.15, -0.1) is 5.92 Å². The van der Waals surface area contributed by atoms with E-state index in [2.05, 4.69) is 11.8 Å². The summed E-state index contributed by atoms with van der Waals surface area (Å²) in [6.45, 7) is 7.63.